The maximum atomic E-state index is 11.8. The highest BCUT2D eigenvalue weighted by molar-refractivity contribution is 9.12. The Labute approximate surface area is 233 Å². The fraction of sp³-hybridized carbons (Fsp3) is 0.552. The number of benzene rings is 1. The molecule has 2 aliphatic carbocycles. The van der Waals surface area contributed by atoms with Crippen LogP contribution in [0.1, 0.15) is 84.3 Å². The van der Waals surface area contributed by atoms with Gasteiger partial charge in [0, 0.05) is 30.7 Å². The molecule has 2 aliphatic heterocycles. The number of nitrogens with two attached hydrogens (primary N) is 1. The molecule has 2 fully saturated rings. The van der Waals surface area contributed by atoms with Gasteiger partial charge in [0.2, 0.25) is 5.91 Å². The number of dihydropyridines is 1. The van der Waals surface area contributed by atoms with Crippen LogP contribution in [0.25, 0.3) is 5.57 Å². The van der Waals surface area contributed by atoms with Gasteiger partial charge in [-0.15, -0.1) is 0 Å². The lowest BCUT2D eigenvalue weighted by atomic mass is 9.84. The number of rotatable bonds is 0. The predicted octanol–water partition coefficient (Wildman–Crippen LogP) is 7.44. The minimum atomic E-state index is 0.0710. The maximum absolute atomic E-state index is 11.8. The van der Waals surface area contributed by atoms with Crippen molar-refractivity contribution in [3.63, 3.8) is 0 Å². The Balaban J connectivity index is 0.000000389. The summed E-state index contributed by atoms with van der Waals surface area (Å²) in [4.78, 5) is 13.7. The molecule has 0 bridgehead atoms. The molecule has 0 aromatic heterocycles. The smallest absolute Gasteiger partial charge is 0.219 e. The first-order valence-corrected chi connectivity index (χ1v) is 14.7. The first kappa shape index (κ1) is 28.8. The van der Waals surface area contributed by atoms with Gasteiger partial charge in [-0.25, -0.2) is 0 Å². The number of carbonyl (C=O) groups excluding carboxylic acids is 1. The van der Waals surface area contributed by atoms with Crippen LogP contribution in [0.15, 0.2) is 38.4 Å². The van der Waals surface area contributed by atoms with Crippen LogP contribution in [-0.2, 0) is 11.2 Å². The Bertz CT molecular complexity index is 1070. The molecule has 36 heavy (non-hydrogen) atoms. The summed E-state index contributed by atoms with van der Waals surface area (Å²) in [7, 11) is 0. The molecular weight excluding hydrogens is 582 g/mol. The van der Waals surface area contributed by atoms with Crippen molar-refractivity contribution in [3.8, 4) is 5.75 Å². The van der Waals surface area contributed by atoms with Gasteiger partial charge in [-0.2, -0.15) is 0 Å². The van der Waals surface area contributed by atoms with Crippen LogP contribution < -0.4 is 11.1 Å². The number of piperidine rings is 1. The molecule has 1 atom stereocenters. The number of nitrogen functional groups attached to an aromatic ring is 1. The fourth-order valence-corrected chi connectivity index (χ4v) is 5.76. The van der Waals surface area contributed by atoms with Gasteiger partial charge in [0.05, 0.1) is 16.2 Å². The number of allylic oxidation sites excluding steroid dienone is 2. The van der Waals surface area contributed by atoms with Gasteiger partial charge >= 0.3 is 0 Å². The summed E-state index contributed by atoms with van der Waals surface area (Å²) in [6, 6.07) is 1.88. The Kier molecular flexibility index (Phi) is 9.78. The number of aromatic hydroxyl groups is 1. The minimum Gasteiger partial charge on any atom is -0.506 e. The van der Waals surface area contributed by atoms with E-state index in [4.69, 9.17) is 5.73 Å². The zero-order valence-corrected chi connectivity index (χ0v) is 25.5. The van der Waals surface area contributed by atoms with Gasteiger partial charge in [-0.1, -0.05) is 39.7 Å². The van der Waals surface area contributed by atoms with E-state index in [1.165, 1.54) is 36.0 Å². The van der Waals surface area contributed by atoms with E-state index < -0.39 is 0 Å². The number of phenols is 1. The Morgan fingerprint density at radius 2 is 1.75 bits per heavy atom. The molecule has 4 N–H and O–H groups in total. The molecule has 5 rings (SSSR count). The van der Waals surface area contributed by atoms with Crippen molar-refractivity contribution < 1.29 is 9.90 Å². The normalized spacial score (nSPS) is 21.6. The van der Waals surface area contributed by atoms with Crippen LogP contribution >= 0.6 is 31.9 Å². The SMILES string of the molecule is CC(=O)N1CCC(=C2c3c(cc(O)c(N)c3Br)CCC3=CC(Br)=CNC32)CC1.CC1(C)CC1.CCC. The molecule has 198 valence electrons. The molecule has 1 unspecified atom stereocenters. The monoisotopic (exact) mass is 621 g/mol. The standard InChI is InChI=1S/C21H23Br2N3O2.C5H10.C3H8/c1-11(27)26-6-4-12(5-7-26)18-17-13(9-16(28)20(24)19(17)23)2-3-14-8-15(22)10-25-21(14)18;1-5(2)3-4-5;1-3-2/h8-10,21,25,28H,2-7,24H2,1H3;3-4H2,1-2H3;3H2,1-2H3. The van der Waals surface area contributed by atoms with E-state index in [2.05, 4.69) is 70.9 Å². The molecule has 1 amide bonds. The van der Waals surface area contributed by atoms with Crippen LogP contribution in [0.2, 0.25) is 0 Å². The van der Waals surface area contributed by atoms with Crippen LogP contribution in [0.5, 0.6) is 5.75 Å². The molecule has 2 heterocycles. The molecule has 7 heteroatoms. The van der Waals surface area contributed by atoms with Crippen molar-refractivity contribution in [3.05, 3.63) is 49.6 Å². The van der Waals surface area contributed by atoms with E-state index >= 15 is 0 Å². The number of aryl methyl sites for hydroxylation is 1. The summed E-state index contributed by atoms with van der Waals surface area (Å²) in [5.74, 6) is 0.247. The zero-order valence-electron chi connectivity index (χ0n) is 22.3. The first-order valence-electron chi connectivity index (χ1n) is 13.1. The maximum Gasteiger partial charge on any atom is 0.219 e. The van der Waals surface area contributed by atoms with E-state index in [1.54, 1.807) is 13.0 Å². The van der Waals surface area contributed by atoms with Gasteiger partial charge in [0.25, 0.3) is 0 Å². The molecular formula is C29H41Br2N3O2. The van der Waals surface area contributed by atoms with Crippen molar-refractivity contribution >= 4 is 49.0 Å². The molecule has 0 spiro atoms. The number of hydrogen-bond donors (Lipinski definition) is 3. The highest BCUT2D eigenvalue weighted by Crippen LogP contribution is 2.46. The summed E-state index contributed by atoms with van der Waals surface area (Å²) in [6.07, 6.45) is 11.8. The summed E-state index contributed by atoms with van der Waals surface area (Å²) in [5, 5.41) is 13.8. The number of likely N-dealkylation sites (tertiary alicyclic amines) is 1. The van der Waals surface area contributed by atoms with Crippen molar-refractivity contribution in [1.82, 2.24) is 10.2 Å². The third-order valence-corrected chi connectivity index (χ3v) is 8.41. The second-order valence-corrected chi connectivity index (χ2v) is 12.6. The van der Waals surface area contributed by atoms with Gasteiger partial charge < -0.3 is 21.1 Å². The van der Waals surface area contributed by atoms with E-state index in [-0.39, 0.29) is 17.7 Å². The number of hydrogen-bond acceptors (Lipinski definition) is 4. The average molecular weight is 623 g/mol. The second-order valence-electron chi connectivity index (χ2n) is 10.9. The van der Waals surface area contributed by atoms with Gasteiger partial charge in [0.1, 0.15) is 5.75 Å². The van der Waals surface area contributed by atoms with Gasteiger partial charge in [-0.05, 0) is 110 Å². The predicted molar refractivity (Wildman–Crippen MR) is 158 cm³/mol. The van der Waals surface area contributed by atoms with Crippen LogP contribution in [0.3, 0.4) is 0 Å². The number of halogens is 2. The fourth-order valence-electron chi connectivity index (χ4n) is 4.66. The van der Waals surface area contributed by atoms with E-state index in [1.807, 2.05) is 11.1 Å². The lowest BCUT2D eigenvalue weighted by Gasteiger charge is -2.33. The molecule has 1 saturated heterocycles. The molecule has 1 saturated carbocycles. The van der Waals surface area contributed by atoms with Crippen LogP contribution in [-0.4, -0.2) is 35.0 Å². The Morgan fingerprint density at radius 1 is 1.17 bits per heavy atom. The number of nitrogens with one attached hydrogen (secondary N) is 1. The summed E-state index contributed by atoms with van der Waals surface area (Å²) in [6.45, 7) is 11.9. The zero-order chi connectivity index (χ0) is 26.6. The number of fused-ring (bicyclic) bond motifs is 2. The van der Waals surface area contributed by atoms with E-state index in [0.717, 1.165) is 64.3 Å². The molecule has 5 nitrogen and oxygen atoms in total. The van der Waals surface area contributed by atoms with Crippen LogP contribution in [0.4, 0.5) is 5.69 Å². The van der Waals surface area contributed by atoms with E-state index in [9.17, 15) is 9.90 Å². The summed E-state index contributed by atoms with van der Waals surface area (Å²) in [5.41, 5.74) is 13.4. The molecule has 1 aromatic rings. The highest BCUT2D eigenvalue weighted by atomic mass is 79.9. The Hall–Kier alpha value is -1.73. The Morgan fingerprint density at radius 3 is 2.28 bits per heavy atom. The van der Waals surface area contributed by atoms with Crippen molar-refractivity contribution in [2.75, 3.05) is 18.8 Å². The minimum absolute atomic E-state index is 0.0710. The van der Waals surface area contributed by atoms with Crippen molar-refractivity contribution in [2.45, 2.75) is 85.6 Å². The number of phenolic OH excluding ortho intramolecular Hbond substituents is 1. The largest absolute Gasteiger partial charge is 0.506 e. The van der Waals surface area contributed by atoms with Crippen molar-refractivity contribution in [2.24, 2.45) is 5.41 Å². The quantitative estimate of drug-likeness (QED) is 0.208. The lowest BCUT2D eigenvalue weighted by Crippen LogP contribution is -2.36. The molecule has 4 aliphatic rings. The topological polar surface area (TPSA) is 78.6 Å². The lowest BCUT2D eigenvalue weighted by molar-refractivity contribution is -0.129. The number of carbonyl (C=O) groups is 1. The number of nitrogens with zero attached hydrogens (tertiary/aromatic N) is 1. The second kappa shape index (κ2) is 12.2. The molecule has 1 aromatic carbocycles. The third-order valence-electron chi connectivity index (χ3n) is 7.13. The number of anilines is 1. The average Bonchev–Trinajstić information content (AvgIpc) is 3.56. The van der Waals surface area contributed by atoms with Gasteiger partial charge in [0.15, 0.2) is 0 Å². The van der Waals surface area contributed by atoms with Crippen molar-refractivity contribution in [1.29, 1.82) is 0 Å². The summed E-state index contributed by atoms with van der Waals surface area (Å²) < 4.78 is 1.79. The summed E-state index contributed by atoms with van der Waals surface area (Å²) >= 11 is 7.25. The van der Waals surface area contributed by atoms with E-state index in [0.29, 0.717) is 5.69 Å². The number of amides is 1. The first-order chi connectivity index (χ1) is 17.0. The molecule has 0 radical (unpaired) electrons. The third kappa shape index (κ3) is 6.97. The van der Waals surface area contributed by atoms with Crippen LogP contribution in [0, 0.1) is 5.41 Å². The highest BCUT2D eigenvalue weighted by Gasteiger charge is 2.33. The van der Waals surface area contributed by atoms with Gasteiger partial charge in [-0.3, -0.25) is 4.79 Å².